The number of amides is 1. The Morgan fingerprint density at radius 1 is 1.36 bits per heavy atom. The van der Waals surface area contributed by atoms with Crippen LogP contribution in [0.3, 0.4) is 0 Å². The van der Waals surface area contributed by atoms with Gasteiger partial charge in [-0.25, -0.2) is 12.7 Å². The van der Waals surface area contributed by atoms with E-state index in [9.17, 15) is 13.2 Å². The third-order valence-electron chi connectivity index (χ3n) is 3.91. The van der Waals surface area contributed by atoms with Gasteiger partial charge in [0.15, 0.2) is 0 Å². The van der Waals surface area contributed by atoms with Gasteiger partial charge in [0.1, 0.15) is 0 Å². The first-order valence-electron chi connectivity index (χ1n) is 7.22. The van der Waals surface area contributed by atoms with Crippen molar-refractivity contribution in [3.63, 3.8) is 0 Å². The van der Waals surface area contributed by atoms with Crippen LogP contribution >= 0.6 is 11.6 Å². The molecule has 0 bridgehead atoms. The lowest BCUT2D eigenvalue weighted by Crippen LogP contribution is -2.45. The highest BCUT2D eigenvalue weighted by Gasteiger charge is 2.31. The summed E-state index contributed by atoms with van der Waals surface area (Å²) in [6.07, 6.45) is 2.64. The summed E-state index contributed by atoms with van der Waals surface area (Å²) in [6, 6.07) is 7.36. The van der Waals surface area contributed by atoms with Crippen LogP contribution < -0.4 is 0 Å². The first kappa shape index (κ1) is 17.2. The van der Waals surface area contributed by atoms with E-state index in [1.165, 1.54) is 10.6 Å². The number of carbonyl (C=O) groups is 1. The van der Waals surface area contributed by atoms with Crippen molar-refractivity contribution in [3.8, 4) is 0 Å². The Morgan fingerprint density at radius 3 is 2.59 bits per heavy atom. The fourth-order valence-electron chi connectivity index (χ4n) is 2.70. The topological polar surface area (TPSA) is 57.7 Å². The molecule has 0 N–H and O–H groups in total. The lowest BCUT2D eigenvalue weighted by Gasteiger charge is -2.32. The maximum atomic E-state index is 12.5. The zero-order valence-electron chi connectivity index (χ0n) is 12.8. The molecule has 5 nitrogen and oxygen atoms in total. The third kappa shape index (κ3) is 4.44. The van der Waals surface area contributed by atoms with E-state index in [2.05, 4.69) is 0 Å². The Morgan fingerprint density at radius 2 is 2.00 bits per heavy atom. The number of hydrogen-bond donors (Lipinski definition) is 0. The lowest BCUT2D eigenvalue weighted by atomic mass is 9.98. The molecule has 0 unspecified atom stereocenters. The summed E-state index contributed by atoms with van der Waals surface area (Å²) in [4.78, 5) is 14.2. The minimum atomic E-state index is -3.23. The summed E-state index contributed by atoms with van der Waals surface area (Å²) in [7, 11) is -1.49. The molecule has 1 saturated heterocycles. The SMILES string of the molecule is CN(Cc1ccc(Cl)cc1)C(=O)[C@H]1CCCN(S(C)(=O)=O)C1. The van der Waals surface area contributed by atoms with Crippen molar-refractivity contribution in [2.24, 2.45) is 5.92 Å². The second-order valence-electron chi connectivity index (χ2n) is 5.78. The van der Waals surface area contributed by atoms with Crippen LogP contribution in [0.4, 0.5) is 0 Å². The summed E-state index contributed by atoms with van der Waals surface area (Å²) in [6.45, 7) is 1.28. The van der Waals surface area contributed by atoms with E-state index in [1.54, 1.807) is 24.1 Å². The first-order chi connectivity index (χ1) is 10.3. The number of carbonyl (C=O) groups excluding carboxylic acids is 1. The van der Waals surface area contributed by atoms with Gasteiger partial charge < -0.3 is 4.90 Å². The first-order valence-corrected chi connectivity index (χ1v) is 9.44. The maximum absolute atomic E-state index is 12.5. The molecule has 0 spiro atoms. The van der Waals surface area contributed by atoms with Gasteiger partial charge in [-0.1, -0.05) is 23.7 Å². The number of halogens is 1. The molecular weight excluding hydrogens is 324 g/mol. The van der Waals surface area contributed by atoms with Gasteiger partial charge in [-0.3, -0.25) is 4.79 Å². The Kier molecular flexibility index (Phi) is 5.47. The van der Waals surface area contributed by atoms with Crippen molar-refractivity contribution in [2.75, 3.05) is 26.4 Å². The van der Waals surface area contributed by atoms with E-state index < -0.39 is 10.0 Å². The Labute approximate surface area is 136 Å². The van der Waals surface area contributed by atoms with Crippen LogP contribution in [0.5, 0.6) is 0 Å². The Bertz CT molecular complexity index is 631. The number of benzene rings is 1. The van der Waals surface area contributed by atoms with E-state index in [0.29, 0.717) is 18.1 Å². The Hall–Kier alpha value is -1.11. The van der Waals surface area contributed by atoms with Crippen LogP contribution in [0.1, 0.15) is 18.4 Å². The van der Waals surface area contributed by atoms with Gasteiger partial charge in [-0.15, -0.1) is 0 Å². The predicted molar refractivity (Wildman–Crippen MR) is 87.1 cm³/mol. The highest BCUT2D eigenvalue weighted by atomic mass is 35.5. The van der Waals surface area contributed by atoms with Crippen molar-refractivity contribution in [1.82, 2.24) is 9.21 Å². The summed E-state index contributed by atoms with van der Waals surface area (Å²) < 4.78 is 24.7. The molecule has 7 heteroatoms. The van der Waals surface area contributed by atoms with Crippen LogP contribution in [-0.2, 0) is 21.4 Å². The van der Waals surface area contributed by atoms with Crippen molar-refractivity contribution < 1.29 is 13.2 Å². The number of piperidine rings is 1. The summed E-state index contributed by atoms with van der Waals surface area (Å²) in [5, 5.41) is 0.661. The summed E-state index contributed by atoms with van der Waals surface area (Å²) >= 11 is 5.85. The number of hydrogen-bond acceptors (Lipinski definition) is 3. The largest absolute Gasteiger partial charge is 0.341 e. The number of nitrogens with zero attached hydrogens (tertiary/aromatic N) is 2. The molecule has 1 amide bonds. The maximum Gasteiger partial charge on any atom is 0.227 e. The van der Waals surface area contributed by atoms with Gasteiger partial charge in [-0.05, 0) is 30.5 Å². The van der Waals surface area contributed by atoms with Crippen molar-refractivity contribution >= 4 is 27.5 Å². The minimum Gasteiger partial charge on any atom is -0.341 e. The quantitative estimate of drug-likeness (QED) is 0.839. The molecule has 1 fully saturated rings. The van der Waals surface area contributed by atoms with Gasteiger partial charge in [0.05, 0.1) is 12.2 Å². The van der Waals surface area contributed by atoms with E-state index in [-0.39, 0.29) is 18.4 Å². The van der Waals surface area contributed by atoms with E-state index in [4.69, 9.17) is 11.6 Å². The second-order valence-corrected chi connectivity index (χ2v) is 8.20. The fourth-order valence-corrected chi connectivity index (χ4v) is 3.74. The normalized spacial score (nSPS) is 19.9. The summed E-state index contributed by atoms with van der Waals surface area (Å²) in [5.74, 6) is -0.274. The molecule has 1 aliphatic heterocycles. The molecule has 0 aromatic heterocycles. The van der Waals surface area contributed by atoms with Crippen LogP contribution in [-0.4, -0.2) is 49.9 Å². The third-order valence-corrected chi connectivity index (χ3v) is 5.43. The highest BCUT2D eigenvalue weighted by molar-refractivity contribution is 7.88. The zero-order valence-corrected chi connectivity index (χ0v) is 14.4. The molecule has 1 heterocycles. The standard InChI is InChI=1S/C15H21ClN2O3S/c1-17(10-12-5-7-14(16)8-6-12)15(19)13-4-3-9-18(11-13)22(2,20)21/h5-8,13H,3-4,9-11H2,1-2H3/t13-/m0/s1. The summed E-state index contributed by atoms with van der Waals surface area (Å²) in [5.41, 5.74) is 0.996. The van der Waals surface area contributed by atoms with Crippen molar-refractivity contribution in [1.29, 1.82) is 0 Å². The molecule has 1 aromatic carbocycles. The fraction of sp³-hybridized carbons (Fsp3) is 0.533. The van der Waals surface area contributed by atoms with Gasteiger partial charge in [0.25, 0.3) is 0 Å². The van der Waals surface area contributed by atoms with Crippen LogP contribution in [0.15, 0.2) is 24.3 Å². The van der Waals surface area contributed by atoms with E-state index >= 15 is 0 Å². The molecule has 2 rings (SSSR count). The molecule has 0 radical (unpaired) electrons. The zero-order chi connectivity index (χ0) is 16.3. The molecule has 0 saturated carbocycles. The van der Waals surface area contributed by atoms with Crippen LogP contribution in [0, 0.1) is 5.92 Å². The van der Waals surface area contributed by atoms with Gasteiger partial charge in [0, 0.05) is 31.7 Å². The molecule has 1 aromatic rings. The van der Waals surface area contributed by atoms with Crippen LogP contribution in [0.25, 0.3) is 0 Å². The predicted octanol–water partition coefficient (Wildman–Crippen LogP) is 1.97. The lowest BCUT2D eigenvalue weighted by molar-refractivity contribution is -0.135. The average Bonchev–Trinajstić information content (AvgIpc) is 2.48. The number of rotatable bonds is 4. The van der Waals surface area contributed by atoms with Gasteiger partial charge in [0.2, 0.25) is 15.9 Å². The molecular formula is C15H21ClN2O3S. The molecule has 0 aliphatic carbocycles. The highest BCUT2D eigenvalue weighted by Crippen LogP contribution is 2.21. The monoisotopic (exact) mass is 344 g/mol. The van der Waals surface area contributed by atoms with Crippen LogP contribution in [0.2, 0.25) is 5.02 Å². The van der Waals surface area contributed by atoms with Crippen molar-refractivity contribution in [3.05, 3.63) is 34.9 Å². The molecule has 1 atom stereocenters. The van der Waals surface area contributed by atoms with Gasteiger partial charge in [-0.2, -0.15) is 0 Å². The second kappa shape index (κ2) is 6.98. The average molecular weight is 345 g/mol. The molecule has 1 aliphatic rings. The minimum absolute atomic E-state index is 0.0108. The smallest absolute Gasteiger partial charge is 0.227 e. The Balaban J connectivity index is 1.99. The molecule has 22 heavy (non-hydrogen) atoms. The van der Waals surface area contributed by atoms with Crippen molar-refractivity contribution in [2.45, 2.75) is 19.4 Å². The number of sulfonamides is 1. The van der Waals surface area contributed by atoms with E-state index in [0.717, 1.165) is 18.4 Å². The molecule has 122 valence electrons. The van der Waals surface area contributed by atoms with E-state index in [1.807, 2.05) is 12.1 Å². The van der Waals surface area contributed by atoms with Gasteiger partial charge >= 0.3 is 0 Å².